The van der Waals surface area contributed by atoms with Crippen molar-refractivity contribution in [1.29, 1.82) is 0 Å². The maximum Gasteiger partial charge on any atom is 0.331 e. The Morgan fingerprint density at radius 1 is 0.892 bits per heavy atom. The number of carboxylic acid groups (broad SMARTS) is 1. The second-order valence-electron chi connectivity index (χ2n) is 15.0. The Kier molecular flexibility index (Phi) is 6.13. The van der Waals surface area contributed by atoms with E-state index >= 15 is 0 Å². The molecular formula is C32H49NO4. The van der Waals surface area contributed by atoms with Crippen LogP contribution in [0.5, 0.6) is 0 Å². The molecule has 0 amide bonds. The van der Waals surface area contributed by atoms with Crippen molar-refractivity contribution >= 4 is 17.7 Å². The highest BCUT2D eigenvalue weighted by atomic mass is 16.7. The molecule has 0 saturated heterocycles. The summed E-state index contributed by atoms with van der Waals surface area (Å²) in [5.74, 6) is 1.19. The lowest BCUT2D eigenvalue weighted by atomic mass is 9.32. The molecule has 206 valence electrons. The fourth-order valence-electron chi connectivity index (χ4n) is 11.6. The van der Waals surface area contributed by atoms with Gasteiger partial charge >= 0.3 is 11.9 Å². The van der Waals surface area contributed by atoms with Gasteiger partial charge in [0.25, 0.3) is 0 Å². The van der Waals surface area contributed by atoms with E-state index in [2.05, 4.69) is 53.3 Å². The first-order valence-electron chi connectivity index (χ1n) is 14.8. The largest absolute Gasteiger partial charge is 0.481 e. The molecule has 5 nitrogen and oxygen atoms in total. The van der Waals surface area contributed by atoms with Gasteiger partial charge in [-0.3, -0.25) is 4.79 Å². The summed E-state index contributed by atoms with van der Waals surface area (Å²) in [5, 5.41) is 14.9. The zero-order valence-corrected chi connectivity index (χ0v) is 24.3. The summed E-state index contributed by atoms with van der Waals surface area (Å²) in [4.78, 5) is 29.4. The fourth-order valence-corrected chi connectivity index (χ4v) is 11.6. The van der Waals surface area contributed by atoms with Gasteiger partial charge in [-0.15, -0.1) is 0 Å². The maximum absolute atomic E-state index is 12.8. The zero-order chi connectivity index (χ0) is 27.2. The molecule has 5 heteroatoms. The lowest BCUT2D eigenvalue weighted by Crippen LogP contribution is -2.66. The number of carbonyl (C=O) groups excluding carboxylic acids is 1. The molecule has 0 spiro atoms. The number of rotatable bonds is 3. The van der Waals surface area contributed by atoms with Crippen molar-refractivity contribution in [2.45, 2.75) is 113 Å². The summed E-state index contributed by atoms with van der Waals surface area (Å²) in [6.07, 6.45) is 10.3. The maximum atomic E-state index is 12.8. The summed E-state index contributed by atoms with van der Waals surface area (Å²) < 4.78 is 0. The topological polar surface area (TPSA) is 76.0 Å². The lowest BCUT2D eigenvalue weighted by molar-refractivity contribution is -0.230. The predicted molar refractivity (Wildman–Crippen MR) is 146 cm³/mol. The number of nitrogens with zero attached hydrogens (tertiary/aromatic N) is 1. The number of fused-ring (bicyclic) bond motifs is 7. The number of oxime groups is 1. The number of hydrogen-bond donors (Lipinski definition) is 1. The Labute approximate surface area is 223 Å². The molecule has 0 aromatic heterocycles. The van der Waals surface area contributed by atoms with Crippen LogP contribution in [0.15, 0.2) is 17.3 Å². The van der Waals surface area contributed by atoms with Crippen LogP contribution in [0.25, 0.3) is 0 Å². The molecule has 5 aliphatic carbocycles. The Bertz CT molecular complexity index is 1050. The molecule has 4 unspecified atom stereocenters. The molecule has 5 rings (SSSR count). The minimum Gasteiger partial charge on any atom is -0.481 e. The van der Waals surface area contributed by atoms with Gasteiger partial charge in [0.15, 0.2) is 0 Å². The van der Waals surface area contributed by atoms with Crippen LogP contribution in [0, 0.1) is 56.7 Å². The molecule has 5 aliphatic rings. The van der Waals surface area contributed by atoms with Crippen LogP contribution < -0.4 is 0 Å². The van der Waals surface area contributed by atoms with Crippen LogP contribution in [0.2, 0.25) is 0 Å². The first-order valence-corrected chi connectivity index (χ1v) is 14.8. The van der Waals surface area contributed by atoms with Crippen LogP contribution in [-0.2, 0) is 14.4 Å². The molecule has 0 heterocycles. The van der Waals surface area contributed by atoms with Gasteiger partial charge in [0, 0.05) is 12.3 Å². The van der Waals surface area contributed by atoms with E-state index in [-0.39, 0.29) is 33.5 Å². The van der Waals surface area contributed by atoms with Crippen molar-refractivity contribution in [1.82, 2.24) is 0 Å². The highest BCUT2D eigenvalue weighted by molar-refractivity contribution is 5.91. The lowest BCUT2D eigenvalue weighted by Gasteiger charge is -2.72. The summed E-state index contributed by atoms with van der Waals surface area (Å²) >= 11 is 0. The number of hydrogen-bond acceptors (Lipinski definition) is 4. The van der Waals surface area contributed by atoms with E-state index in [9.17, 15) is 14.7 Å². The highest BCUT2D eigenvalue weighted by Crippen LogP contribution is 2.77. The van der Waals surface area contributed by atoms with Crippen molar-refractivity contribution in [3.05, 3.63) is 12.2 Å². The van der Waals surface area contributed by atoms with E-state index in [0.717, 1.165) is 57.1 Å². The monoisotopic (exact) mass is 511 g/mol. The average Bonchev–Trinajstić information content (AvgIpc) is 3.20. The molecule has 1 N–H and O–H groups in total. The summed E-state index contributed by atoms with van der Waals surface area (Å²) in [7, 11) is 0. The van der Waals surface area contributed by atoms with Crippen LogP contribution in [0.3, 0.4) is 0 Å². The van der Waals surface area contributed by atoms with Gasteiger partial charge in [-0.2, -0.15) is 0 Å². The van der Waals surface area contributed by atoms with Gasteiger partial charge in [-0.1, -0.05) is 51.9 Å². The Hall–Kier alpha value is -1.65. The smallest absolute Gasteiger partial charge is 0.331 e. The van der Waals surface area contributed by atoms with E-state index in [0.29, 0.717) is 23.7 Å². The van der Waals surface area contributed by atoms with Crippen molar-refractivity contribution in [3.63, 3.8) is 0 Å². The number of carbonyl (C=O) groups is 2. The molecule has 5 saturated carbocycles. The first-order chi connectivity index (χ1) is 17.1. The summed E-state index contributed by atoms with van der Waals surface area (Å²) in [6, 6.07) is 0. The Morgan fingerprint density at radius 2 is 1.59 bits per heavy atom. The van der Waals surface area contributed by atoms with E-state index in [1.54, 1.807) is 0 Å². The summed E-state index contributed by atoms with van der Waals surface area (Å²) in [5.41, 5.74) is 2.08. The van der Waals surface area contributed by atoms with E-state index in [4.69, 9.17) is 4.84 Å². The molecule has 5 fully saturated rings. The zero-order valence-electron chi connectivity index (χ0n) is 24.3. The summed E-state index contributed by atoms with van der Waals surface area (Å²) in [6.45, 7) is 20.2. The minimum absolute atomic E-state index is 0.108. The molecule has 0 bridgehead atoms. The number of carboxylic acids is 1. The van der Waals surface area contributed by atoms with Gasteiger partial charge in [0.05, 0.1) is 11.1 Å². The third-order valence-corrected chi connectivity index (χ3v) is 13.6. The molecule has 0 aromatic rings. The van der Waals surface area contributed by atoms with Gasteiger partial charge in [-0.25, -0.2) is 4.79 Å². The Balaban J connectivity index is 1.52. The normalized spacial score (nSPS) is 49.3. The quantitative estimate of drug-likeness (QED) is 0.240. The van der Waals surface area contributed by atoms with Gasteiger partial charge in [0.2, 0.25) is 0 Å². The third-order valence-electron chi connectivity index (χ3n) is 13.6. The molecule has 0 aromatic carbocycles. The molecule has 9 atom stereocenters. The van der Waals surface area contributed by atoms with Crippen molar-refractivity contribution in [3.8, 4) is 0 Å². The van der Waals surface area contributed by atoms with E-state index in [1.165, 1.54) is 25.3 Å². The van der Waals surface area contributed by atoms with Crippen LogP contribution >= 0.6 is 0 Å². The van der Waals surface area contributed by atoms with Crippen molar-refractivity contribution < 1.29 is 19.5 Å². The molecular weight excluding hydrogens is 462 g/mol. The number of allylic oxidation sites excluding steroid dienone is 1. The molecule has 0 aliphatic heterocycles. The van der Waals surface area contributed by atoms with Gasteiger partial charge in [-0.05, 0) is 117 Å². The molecule has 0 radical (unpaired) electrons. The van der Waals surface area contributed by atoms with Crippen LogP contribution in [-0.4, -0.2) is 22.8 Å². The minimum atomic E-state index is -0.562. The number of aliphatic carboxylic acids is 1. The SMILES string of the molecule is C=C(C)[C@@H]1CC[C@]2(C(=O)O)CC[C@]3(C)C(CCC4[C@@]5(C)CC/C(=N\OC(C)=O)C(C)(C)C5CC[C@]43C)C12. The predicted octanol–water partition coefficient (Wildman–Crippen LogP) is 7.65. The van der Waals surface area contributed by atoms with Gasteiger partial charge < -0.3 is 9.94 Å². The standard InChI is InChI=1S/C32H49NO4/c1-19(2)21-11-16-32(27(35)36)18-17-30(7)22(26(21)32)9-10-24-29(6)14-13-25(33-37-20(3)34)28(4,5)23(29)12-15-31(24,30)8/h21-24,26H,1,9-18H2,2-8H3,(H,35,36)/b33-25+/t21-,22?,23?,24?,26?,29-,30+,31+,32-/m0/s1. The second kappa shape index (κ2) is 8.42. The van der Waals surface area contributed by atoms with E-state index in [1.807, 2.05) is 0 Å². The van der Waals surface area contributed by atoms with Crippen LogP contribution in [0.1, 0.15) is 113 Å². The van der Waals surface area contributed by atoms with Crippen molar-refractivity contribution in [2.75, 3.05) is 0 Å². The van der Waals surface area contributed by atoms with Crippen LogP contribution in [0.4, 0.5) is 0 Å². The van der Waals surface area contributed by atoms with Crippen molar-refractivity contribution in [2.24, 2.45) is 61.8 Å². The highest BCUT2D eigenvalue weighted by Gasteiger charge is 2.71. The molecule has 37 heavy (non-hydrogen) atoms. The third kappa shape index (κ3) is 3.43. The average molecular weight is 512 g/mol. The second-order valence-corrected chi connectivity index (χ2v) is 15.0. The Morgan fingerprint density at radius 3 is 2.22 bits per heavy atom. The van der Waals surface area contributed by atoms with Gasteiger partial charge in [0.1, 0.15) is 0 Å². The first kappa shape index (κ1) is 26.9. The van der Waals surface area contributed by atoms with E-state index < -0.39 is 11.4 Å². The fraction of sp³-hybridized carbons (Fsp3) is 0.844.